The molecule has 2 aromatic carbocycles. The van der Waals surface area contributed by atoms with Crippen molar-refractivity contribution in [3.05, 3.63) is 89.9 Å². The summed E-state index contributed by atoms with van der Waals surface area (Å²) in [7, 11) is 3.97. The molecule has 2 aromatic heterocycles. The number of aromatic nitrogens is 2. The highest BCUT2D eigenvalue weighted by Gasteiger charge is 2.24. The number of benzene rings is 2. The third-order valence-corrected chi connectivity index (χ3v) is 6.53. The molecule has 31 heavy (non-hydrogen) atoms. The first-order valence-electron chi connectivity index (χ1n) is 11.1. The lowest BCUT2D eigenvalue weighted by Crippen LogP contribution is -2.33. The van der Waals surface area contributed by atoms with E-state index in [2.05, 4.69) is 77.1 Å². The first-order valence-corrected chi connectivity index (χ1v) is 11.1. The van der Waals surface area contributed by atoms with Gasteiger partial charge >= 0.3 is 0 Å². The van der Waals surface area contributed by atoms with E-state index in [9.17, 15) is 0 Å². The number of nitrogens with zero attached hydrogens (tertiary/aromatic N) is 3. The Balaban J connectivity index is 1.30. The van der Waals surface area contributed by atoms with Crippen LogP contribution in [0.5, 0.6) is 5.75 Å². The number of hydrogen-bond acceptors (Lipinski definition) is 3. The fourth-order valence-corrected chi connectivity index (χ4v) is 4.78. The van der Waals surface area contributed by atoms with Crippen LogP contribution in [0.1, 0.15) is 23.4 Å². The molecule has 0 unspecified atom stereocenters. The predicted molar refractivity (Wildman–Crippen MR) is 126 cm³/mol. The van der Waals surface area contributed by atoms with Gasteiger partial charge in [-0.15, -0.1) is 0 Å². The van der Waals surface area contributed by atoms with Gasteiger partial charge in [0.05, 0.1) is 18.3 Å². The molecule has 0 aliphatic heterocycles. The van der Waals surface area contributed by atoms with Gasteiger partial charge in [0, 0.05) is 24.2 Å². The fraction of sp³-hybridized carbons (Fsp3) is 0.296. The van der Waals surface area contributed by atoms with Gasteiger partial charge in [-0.3, -0.25) is 0 Å². The number of aryl methyl sites for hydroxylation is 1. The molecule has 1 aliphatic rings. The number of pyridine rings is 1. The smallest absolute Gasteiger partial charge is 0.119 e. The van der Waals surface area contributed by atoms with E-state index in [1.807, 2.05) is 12.1 Å². The Labute approximate surface area is 184 Å². The maximum atomic E-state index is 5.42. The first kappa shape index (κ1) is 19.8. The molecule has 158 valence electrons. The van der Waals surface area contributed by atoms with Gasteiger partial charge in [0.1, 0.15) is 11.6 Å². The summed E-state index contributed by atoms with van der Waals surface area (Å²) in [5, 5.41) is 0. The maximum Gasteiger partial charge on any atom is 0.119 e. The topological polar surface area (TPSA) is 29.8 Å². The van der Waals surface area contributed by atoms with Gasteiger partial charge in [-0.25, -0.2) is 4.98 Å². The van der Waals surface area contributed by atoms with Crippen molar-refractivity contribution in [2.45, 2.75) is 31.7 Å². The van der Waals surface area contributed by atoms with Crippen molar-refractivity contribution in [2.75, 3.05) is 20.7 Å². The normalized spacial score (nSPS) is 13.8. The van der Waals surface area contributed by atoms with Crippen molar-refractivity contribution < 1.29 is 4.74 Å². The van der Waals surface area contributed by atoms with E-state index in [4.69, 9.17) is 9.72 Å². The minimum Gasteiger partial charge on any atom is -0.497 e. The zero-order valence-corrected chi connectivity index (χ0v) is 18.3. The lowest BCUT2D eigenvalue weighted by atomic mass is 10.1. The molecule has 0 amide bonds. The summed E-state index contributed by atoms with van der Waals surface area (Å²) in [4.78, 5) is 7.58. The third-order valence-electron chi connectivity index (χ3n) is 6.53. The number of likely N-dealkylation sites (N-methyl/N-ethyl adjacent to an activating group) is 1. The maximum absolute atomic E-state index is 5.42. The zero-order chi connectivity index (χ0) is 21.2. The van der Waals surface area contributed by atoms with E-state index in [0.717, 1.165) is 47.7 Å². The number of rotatable bonds is 7. The monoisotopic (exact) mass is 411 g/mol. The van der Waals surface area contributed by atoms with E-state index in [0.29, 0.717) is 6.04 Å². The molecule has 0 spiro atoms. The Morgan fingerprint density at radius 2 is 1.77 bits per heavy atom. The molecule has 0 fully saturated rings. The van der Waals surface area contributed by atoms with E-state index in [-0.39, 0.29) is 0 Å². The predicted octanol–water partition coefficient (Wildman–Crippen LogP) is 5.04. The second-order valence-electron chi connectivity index (χ2n) is 8.48. The largest absolute Gasteiger partial charge is 0.497 e. The van der Waals surface area contributed by atoms with Gasteiger partial charge in [0.25, 0.3) is 0 Å². The number of hydrogen-bond donors (Lipinski definition) is 0. The Morgan fingerprint density at radius 3 is 2.55 bits per heavy atom. The van der Waals surface area contributed by atoms with Crippen molar-refractivity contribution in [3.63, 3.8) is 0 Å². The van der Waals surface area contributed by atoms with Crippen LogP contribution >= 0.6 is 0 Å². The van der Waals surface area contributed by atoms with Gasteiger partial charge < -0.3 is 14.0 Å². The Hall–Kier alpha value is -3.11. The van der Waals surface area contributed by atoms with Crippen LogP contribution in [0.15, 0.2) is 72.9 Å². The molecule has 0 atom stereocenters. The van der Waals surface area contributed by atoms with Crippen LogP contribution in [0.25, 0.3) is 16.8 Å². The molecule has 0 saturated carbocycles. The summed E-state index contributed by atoms with van der Waals surface area (Å²) in [5.74, 6) is 1.98. The Kier molecular flexibility index (Phi) is 5.47. The molecule has 4 nitrogen and oxygen atoms in total. The number of imidazole rings is 1. The third kappa shape index (κ3) is 3.96. The van der Waals surface area contributed by atoms with Crippen LogP contribution in [0.3, 0.4) is 0 Å². The summed E-state index contributed by atoms with van der Waals surface area (Å²) in [6.07, 6.45) is 6.50. The molecule has 4 heteroatoms. The summed E-state index contributed by atoms with van der Waals surface area (Å²) in [6, 6.07) is 23.9. The molecule has 0 radical (unpaired) electrons. The molecular formula is C27H29N3O. The number of fused-ring (bicyclic) bond motifs is 2. The Bertz CT molecular complexity index is 1170. The van der Waals surface area contributed by atoms with Gasteiger partial charge in [-0.1, -0.05) is 42.5 Å². The summed E-state index contributed by atoms with van der Waals surface area (Å²) < 4.78 is 7.65. The second-order valence-corrected chi connectivity index (χ2v) is 8.48. The van der Waals surface area contributed by atoms with Crippen LogP contribution < -0.4 is 4.74 Å². The van der Waals surface area contributed by atoms with Gasteiger partial charge in [0.2, 0.25) is 0 Å². The first-order chi connectivity index (χ1) is 15.2. The molecule has 2 heterocycles. The molecule has 4 aromatic rings. The van der Waals surface area contributed by atoms with Crippen LogP contribution in [-0.4, -0.2) is 41.0 Å². The zero-order valence-electron chi connectivity index (χ0n) is 18.3. The summed E-state index contributed by atoms with van der Waals surface area (Å²) >= 11 is 0. The van der Waals surface area contributed by atoms with Gasteiger partial charge in [0.15, 0.2) is 0 Å². The van der Waals surface area contributed by atoms with Crippen molar-refractivity contribution in [3.8, 4) is 17.0 Å². The average molecular weight is 412 g/mol. The standard InChI is InChI=1S/C27H29N3O/c1-29(23-17-20-9-3-4-10-21(20)18-23)15-8-14-26-28-27(25-13-5-6-16-30(25)26)22-11-7-12-24(19-22)31-2/h3-7,9-13,16,19,23H,8,14-15,17-18H2,1-2H3. The molecule has 0 saturated heterocycles. The van der Waals surface area contributed by atoms with Gasteiger partial charge in [-0.05, 0) is 68.2 Å². The van der Waals surface area contributed by atoms with Crippen molar-refractivity contribution in [2.24, 2.45) is 0 Å². The average Bonchev–Trinajstić information content (AvgIpc) is 3.41. The molecule has 0 N–H and O–H groups in total. The highest BCUT2D eigenvalue weighted by molar-refractivity contribution is 5.78. The highest BCUT2D eigenvalue weighted by Crippen LogP contribution is 2.28. The van der Waals surface area contributed by atoms with E-state index in [1.165, 1.54) is 24.0 Å². The Morgan fingerprint density at radius 1 is 1.00 bits per heavy atom. The van der Waals surface area contributed by atoms with Crippen molar-refractivity contribution in [1.29, 1.82) is 0 Å². The minimum atomic E-state index is 0.613. The number of methoxy groups -OCH3 is 1. The quantitative estimate of drug-likeness (QED) is 0.427. The molecule has 0 bridgehead atoms. The second kappa shape index (κ2) is 8.56. The summed E-state index contributed by atoms with van der Waals surface area (Å²) in [5.41, 5.74) is 6.29. The lowest BCUT2D eigenvalue weighted by molar-refractivity contribution is 0.246. The minimum absolute atomic E-state index is 0.613. The fourth-order valence-electron chi connectivity index (χ4n) is 4.78. The lowest BCUT2D eigenvalue weighted by Gasteiger charge is -2.23. The van der Waals surface area contributed by atoms with Gasteiger partial charge in [-0.2, -0.15) is 0 Å². The van der Waals surface area contributed by atoms with E-state index in [1.54, 1.807) is 7.11 Å². The molecule has 1 aliphatic carbocycles. The molecule has 5 rings (SSSR count). The molecular weight excluding hydrogens is 382 g/mol. The van der Waals surface area contributed by atoms with Crippen molar-refractivity contribution >= 4 is 5.52 Å². The van der Waals surface area contributed by atoms with E-state index >= 15 is 0 Å². The van der Waals surface area contributed by atoms with Crippen molar-refractivity contribution in [1.82, 2.24) is 14.3 Å². The SMILES string of the molecule is COc1cccc(-c2nc(CCCN(C)C3Cc4ccccc4C3)n3ccccc23)c1. The van der Waals surface area contributed by atoms with Crippen LogP contribution in [-0.2, 0) is 19.3 Å². The number of ether oxygens (including phenoxy) is 1. The summed E-state index contributed by atoms with van der Waals surface area (Å²) in [6.45, 7) is 1.08. The highest BCUT2D eigenvalue weighted by atomic mass is 16.5. The van der Waals surface area contributed by atoms with Crippen LogP contribution in [0.2, 0.25) is 0 Å². The van der Waals surface area contributed by atoms with Crippen LogP contribution in [0, 0.1) is 0 Å². The van der Waals surface area contributed by atoms with Crippen LogP contribution in [0.4, 0.5) is 0 Å². The van der Waals surface area contributed by atoms with E-state index < -0.39 is 0 Å².